The summed E-state index contributed by atoms with van der Waals surface area (Å²) < 4.78 is 5.57. The molecule has 0 unspecified atom stereocenters. The molecule has 2 heterocycles. The first-order valence-corrected chi connectivity index (χ1v) is 11.9. The van der Waals surface area contributed by atoms with Crippen LogP contribution < -0.4 is 10.2 Å². The van der Waals surface area contributed by atoms with Crippen molar-refractivity contribution in [1.29, 1.82) is 0 Å². The van der Waals surface area contributed by atoms with Gasteiger partial charge >= 0.3 is 0 Å². The third kappa shape index (κ3) is 4.88. The highest BCUT2D eigenvalue weighted by Gasteiger charge is 2.25. The summed E-state index contributed by atoms with van der Waals surface area (Å²) in [6, 6.07) is 6.46. The van der Waals surface area contributed by atoms with Crippen LogP contribution in [0.4, 0.5) is 5.69 Å². The van der Waals surface area contributed by atoms with E-state index in [0.29, 0.717) is 24.6 Å². The van der Waals surface area contributed by atoms with E-state index in [1.807, 2.05) is 19.1 Å². The number of hydrogen-bond acceptors (Lipinski definition) is 4. The van der Waals surface area contributed by atoms with Crippen LogP contribution in [0.2, 0.25) is 0 Å². The number of allylic oxidation sites excluding steroid dienone is 5. The molecule has 0 saturated carbocycles. The Balaban J connectivity index is 1.68. The van der Waals surface area contributed by atoms with Gasteiger partial charge < -0.3 is 15.0 Å². The Morgan fingerprint density at radius 2 is 1.97 bits per heavy atom. The largest absolute Gasteiger partial charge is 0.381 e. The van der Waals surface area contributed by atoms with Gasteiger partial charge in [0.1, 0.15) is 0 Å². The fraction of sp³-hybridized carbons (Fsp3) is 0.481. The zero-order valence-corrected chi connectivity index (χ0v) is 19.3. The molecular weight excluding hydrogens is 400 g/mol. The summed E-state index contributed by atoms with van der Waals surface area (Å²) in [6.07, 6.45) is 11.4. The van der Waals surface area contributed by atoms with Crippen molar-refractivity contribution in [1.82, 2.24) is 5.32 Å². The summed E-state index contributed by atoms with van der Waals surface area (Å²) in [7, 11) is 0. The van der Waals surface area contributed by atoms with Crippen LogP contribution in [0.3, 0.4) is 0 Å². The Kier molecular flexibility index (Phi) is 7.26. The van der Waals surface area contributed by atoms with Crippen molar-refractivity contribution < 1.29 is 14.3 Å². The summed E-state index contributed by atoms with van der Waals surface area (Å²) in [5.74, 6) is 0.0248. The van der Waals surface area contributed by atoms with Crippen LogP contribution in [0.15, 0.2) is 53.1 Å². The number of hydrogen-bond donors (Lipinski definition) is 1. The lowest BCUT2D eigenvalue weighted by Gasteiger charge is -2.37. The van der Waals surface area contributed by atoms with Gasteiger partial charge in [0.25, 0.3) is 5.91 Å². The van der Waals surface area contributed by atoms with E-state index in [1.165, 1.54) is 0 Å². The number of carbonyl (C=O) groups is 2. The molecule has 0 atom stereocenters. The minimum Gasteiger partial charge on any atom is -0.381 e. The Morgan fingerprint density at radius 3 is 2.75 bits per heavy atom. The van der Waals surface area contributed by atoms with Crippen LogP contribution in [0.1, 0.15) is 61.9 Å². The molecule has 5 nitrogen and oxygen atoms in total. The molecule has 170 valence electrons. The smallest absolute Gasteiger partial charge is 0.251 e. The van der Waals surface area contributed by atoms with Gasteiger partial charge in [-0.15, -0.1) is 0 Å². The highest BCUT2D eigenvalue weighted by molar-refractivity contribution is 6.02. The maximum absolute atomic E-state index is 13.3. The number of fused-ring (bicyclic) bond motifs is 1. The number of benzene rings is 1. The zero-order valence-electron chi connectivity index (χ0n) is 19.3. The van der Waals surface area contributed by atoms with Crippen molar-refractivity contribution in [3.8, 4) is 0 Å². The third-order valence-electron chi connectivity index (χ3n) is 6.76. The van der Waals surface area contributed by atoms with Gasteiger partial charge in [-0.25, -0.2) is 0 Å². The fourth-order valence-electron chi connectivity index (χ4n) is 5.12. The predicted molar refractivity (Wildman–Crippen MR) is 128 cm³/mol. The van der Waals surface area contributed by atoms with Crippen LogP contribution in [0, 0.1) is 0 Å². The molecule has 0 spiro atoms. The van der Waals surface area contributed by atoms with Gasteiger partial charge in [-0.05, 0) is 69.2 Å². The Bertz CT molecular complexity index is 967. The summed E-state index contributed by atoms with van der Waals surface area (Å²) in [5, 5.41) is 3.06. The SMILES string of the molecule is CCN(c1cccc2c1C/C=C\CCC1=C(CNC2=O)C(=O)CC(C)=C1)C1CCOCC1. The second-order valence-corrected chi connectivity index (χ2v) is 8.92. The Hall–Kier alpha value is -2.66. The molecule has 32 heavy (non-hydrogen) atoms. The summed E-state index contributed by atoms with van der Waals surface area (Å²) in [6.45, 7) is 6.94. The highest BCUT2D eigenvalue weighted by Crippen LogP contribution is 2.30. The molecule has 1 aromatic carbocycles. The molecule has 5 heteroatoms. The van der Waals surface area contributed by atoms with Gasteiger partial charge in [0.2, 0.25) is 0 Å². The molecule has 1 N–H and O–H groups in total. The molecule has 1 amide bonds. The van der Waals surface area contributed by atoms with E-state index >= 15 is 0 Å². The molecule has 4 rings (SSSR count). The van der Waals surface area contributed by atoms with Gasteiger partial charge in [0.15, 0.2) is 5.78 Å². The Morgan fingerprint density at radius 1 is 1.16 bits per heavy atom. The van der Waals surface area contributed by atoms with Crippen LogP contribution in [-0.4, -0.2) is 44.0 Å². The normalized spacial score (nSPS) is 21.5. The molecule has 0 aromatic heterocycles. The number of anilines is 1. The van der Waals surface area contributed by atoms with Gasteiger partial charge in [-0.2, -0.15) is 0 Å². The first kappa shape index (κ1) is 22.5. The predicted octanol–water partition coefficient (Wildman–Crippen LogP) is 4.53. The molecule has 1 saturated heterocycles. The summed E-state index contributed by atoms with van der Waals surface area (Å²) in [5.41, 5.74) is 5.83. The first-order chi connectivity index (χ1) is 15.6. The molecular formula is C27H34N2O3. The minimum atomic E-state index is -0.107. The minimum absolute atomic E-state index is 0.107. The molecule has 1 aromatic rings. The lowest BCUT2D eigenvalue weighted by atomic mass is 9.89. The van der Waals surface area contributed by atoms with E-state index < -0.39 is 0 Å². The van der Waals surface area contributed by atoms with Crippen molar-refractivity contribution in [2.45, 2.75) is 58.4 Å². The second-order valence-electron chi connectivity index (χ2n) is 8.92. The van der Waals surface area contributed by atoms with Gasteiger partial charge in [0, 0.05) is 55.6 Å². The standard InChI is InChI=1S/C27H34N2O3/c1-3-29(21-12-14-32-15-13-21)25-11-7-10-23-22(25)9-6-4-5-8-20-16-19(2)17-26(30)24(20)18-28-27(23)31/h4,6-7,10-11,16,21H,3,5,8-9,12-15,17-18H2,1-2H3,(H,28,31)/b6-4-. The molecule has 3 aliphatic rings. The van der Waals surface area contributed by atoms with E-state index in [4.69, 9.17) is 4.74 Å². The van der Waals surface area contributed by atoms with E-state index in [0.717, 1.165) is 79.8 Å². The number of rotatable bonds is 3. The quantitative estimate of drug-likeness (QED) is 0.710. The lowest BCUT2D eigenvalue weighted by Crippen LogP contribution is -2.40. The number of nitrogens with zero attached hydrogens (tertiary/aromatic N) is 1. The van der Waals surface area contributed by atoms with Crippen LogP contribution in [0.5, 0.6) is 0 Å². The van der Waals surface area contributed by atoms with Crippen LogP contribution >= 0.6 is 0 Å². The third-order valence-corrected chi connectivity index (χ3v) is 6.76. The topological polar surface area (TPSA) is 58.6 Å². The number of Topliss-reactive ketones (excluding diaryl/α,β-unsaturated/α-hetero) is 1. The number of carbonyl (C=O) groups excluding carboxylic acids is 2. The molecule has 0 bridgehead atoms. The van der Waals surface area contributed by atoms with Crippen molar-refractivity contribution in [2.24, 2.45) is 0 Å². The molecule has 0 radical (unpaired) electrons. The van der Waals surface area contributed by atoms with Crippen LogP contribution in [0.25, 0.3) is 0 Å². The summed E-state index contributed by atoms with van der Waals surface area (Å²) >= 11 is 0. The van der Waals surface area contributed by atoms with Crippen molar-refractivity contribution in [2.75, 3.05) is 31.2 Å². The average Bonchev–Trinajstić information content (AvgIpc) is 2.79. The average molecular weight is 435 g/mol. The first-order valence-electron chi connectivity index (χ1n) is 11.9. The number of amides is 1. The van der Waals surface area contributed by atoms with E-state index in [-0.39, 0.29) is 11.7 Å². The maximum Gasteiger partial charge on any atom is 0.251 e. The number of nitrogens with one attached hydrogen (secondary N) is 1. The number of ketones is 1. The maximum atomic E-state index is 13.3. The highest BCUT2D eigenvalue weighted by atomic mass is 16.5. The molecule has 1 fully saturated rings. The van der Waals surface area contributed by atoms with Crippen molar-refractivity contribution >= 4 is 17.4 Å². The number of ether oxygens (including phenoxy) is 1. The Labute approximate surface area is 191 Å². The van der Waals surface area contributed by atoms with Crippen LogP contribution in [-0.2, 0) is 16.0 Å². The molecule has 1 aliphatic carbocycles. The monoisotopic (exact) mass is 434 g/mol. The van der Waals surface area contributed by atoms with Gasteiger partial charge in [-0.1, -0.05) is 29.9 Å². The molecule has 2 aliphatic heterocycles. The second kappa shape index (κ2) is 10.3. The van der Waals surface area contributed by atoms with Gasteiger partial charge in [0.05, 0.1) is 0 Å². The fourth-order valence-corrected chi connectivity index (χ4v) is 5.12. The van der Waals surface area contributed by atoms with Gasteiger partial charge in [-0.3, -0.25) is 9.59 Å². The summed E-state index contributed by atoms with van der Waals surface area (Å²) in [4.78, 5) is 28.4. The zero-order chi connectivity index (χ0) is 22.5. The van der Waals surface area contributed by atoms with Crippen molar-refractivity contribution in [3.05, 3.63) is 64.3 Å². The lowest BCUT2D eigenvalue weighted by molar-refractivity contribution is -0.115. The van der Waals surface area contributed by atoms with E-state index in [9.17, 15) is 9.59 Å². The van der Waals surface area contributed by atoms with Crippen molar-refractivity contribution in [3.63, 3.8) is 0 Å². The van der Waals surface area contributed by atoms with E-state index in [2.05, 4.69) is 41.4 Å². The van der Waals surface area contributed by atoms with E-state index in [1.54, 1.807) is 0 Å².